The molecule has 0 fully saturated rings. The Morgan fingerprint density at radius 3 is 1.94 bits per heavy atom. The maximum Gasteiger partial charge on any atom is 0.243 e. The first-order chi connectivity index (χ1) is 16.4. The van der Waals surface area contributed by atoms with Gasteiger partial charge in [0.05, 0.1) is 6.42 Å². The van der Waals surface area contributed by atoms with E-state index in [4.69, 9.17) is 0 Å². The summed E-state index contributed by atoms with van der Waals surface area (Å²) in [4.78, 5) is 28.5. The van der Waals surface area contributed by atoms with Gasteiger partial charge < -0.3 is 10.2 Å². The van der Waals surface area contributed by atoms with E-state index in [-0.39, 0.29) is 42.5 Å². The van der Waals surface area contributed by atoms with Crippen LogP contribution in [0.25, 0.3) is 0 Å². The van der Waals surface area contributed by atoms with Gasteiger partial charge in [0, 0.05) is 19.0 Å². The van der Waals surface area contributed by atoms with Crippen LogP contribution in [0, 0.1) is 11.6 Å². The number of carbonyl (C=O) groups is 2. The lowest BCUT2D eigenvalue weighted by molar-refractivity contribution is -0.141. The highest BCUT2D eigenvalue weighted by atomic mass is 19.1. The fourth-order valence-electron chi connectivity index (χ4n) is 3.66. The summed E-state index contributed by atoms with van der Waals surface area (Å²) in [6.07, 6.45) is 1.11. The largest absolute Gasteiger partial charge is 0.352 e. The topological polar surface area (TPSA) is 49.4 Å². The highest BCUT2D eigenvalue weighted by Crippen LogP contribution is 2.17. The molecular formula is C28H30F2N2O2. The zero-order valence-corrected chi connectivity index (χ0v) is 19.5. The molecule has 3 aromatic carbocycles. The lowest BCUT2D eigenvalue weighted by Crippen LogP contribution is -2.52. The van der Waals surface area contributed by atoms with Gasteiger partial charge >= 0.3 is 0 Å². The number of hydrogen-bond acceptors (Lipinski definition) is 2. The molecule has 0 aromatic heterocycles. The summed E-state index contributed by atoms with van der Waals surface area (Å²) >= 11 is 0. The van der Waals surface area contributed by atoms with Gasteiger partial charge in [0.1, 0.15) is 17.7 Å². The number of rotatable bonds is 10. The maximum absolute atomic E-state index is 13.5. The average molecular weight is 465 g/mol. The van der Waals surface area contributed by atoms with Crippen LogP contribution in [0.1, 0.15) is 37.0 Å². The van der Waals surface area contributed by atoms with Crippen molar-refractivity contribution in [3.05, 3.63) is 107 Å². The summed E-state index contributed by atoms with van der Waals surface area (Å²) in [7, 11) is 0. The molecule has 2 atom stereocenters. The Labute approximate surface area is 199 Å². The van der Waals surface area contributed by atoms with E-state index in [0.29, 0.717) is 17.5 Å². The molecule has 0 bridgehead atoms. The van der Waals surface area contributed by atoms with Gasteiger partial charge in [0.25, 0.3) is 0 Å². The molecule has 6 heteroatoms. The molecule has 34 heavy (non-hydrogen) atoms. The molecule has 0 aliphatic rings. The number of benzene rings is 3. The van der Waals surface area contributed by atoms with E-state index in [2.05, 4.69) is 5.32 Å². The van der Waals surface area contributed by atoms with Gasteiger partial charge in [-0.05, 0) is 54.3 Å². The van der Waals surface area contributed by atoms with Crippen molar-refractivity contribution < 1.29 is 18.4 Å². The van der Waals surface area contributed by atoms with Gasteiger partial charge in [-0.2, -0.15) is 0 Å². The second-order valence-corrected chi connectivity index (χ2v) is 8.47. The Morgan fingerprint density at radius 2 is 1.38 bits per heavy atom. The lowest BCUT2D eigenvalue weighted by atomic mass is 10.0. The Hall–Kier alpha value is -3.54. The molecule has 0 heterocycles. The Balaban J connectivity index is 1.95. The fourth-order valence-corrected chi connectivity index (χ4v) is 3.66. The van der Waals surface area contributed by atoms with Crippen LogP contribution < -0.4 is 5.32 Å². The van der Waals surface area contributed by atoms with Crippen LogP contribution in [0.5, 0.6) is 0 Å². The van der Waals surface area contributed by atoms with E-state index >= 15 is 0 Å². The summed E-state index contributed by atoms with van der Waals surface area (Å²) in [5, 5.41) is 3.01. The Morgan fingerprint density at radius 1 is 0.824 bits per heavy atom. The molecule has 0 saturated heterocycles. The van der Waals surface area contributed by atoms with Gasteiger partial charge in [0.15, 0.2) is 0 Å². The summed E-state index contributed by atoms with van der Waals surface area (Å²) in [6.45, 7) is 4.04. The summed E-state index contributed by atoms with van der Waals surface area (Å²) < 4.78 is 26.8. The third kappa shape index (κ3) is 7.24. The van der Waals surface area contributed by atoms with E-state index in [1.165, 1.54) is 24.3 Å². The van der Waals surface area contributed by atoms with Crippen molar-refractivity contribution in [2.45, 2.75) is 51.7 Å². The predicted octanol–water partition coefficient (Wildman–Crippen LogP) is 5.06. The van der Waals surface area contributed by atoms with Crippen molar-refractivity contribution in [1.82, 2.24) is 10.2 Å². The third-order valence-corrected chi connectivity index (χ3v) is 5.81. The molecule has 0 unspecified atom stereocenters. The zero-order chi connectivity index (χ0) is 24.5. The van der Waals surface area contributed by atoms with E-state index in [0.717, 1.165) is 12.0 Å². The summed E-state index contributed by atoms with van der Waals surface area (Å²) in [6, 6.07) is 20.3. The smallest absolute Gasteiger partial charge is 0.243 e. The molecule has 0 saturated carbocycles. The first-order valence-electron chi connectivity index (χ1n) is 11.5. The minimum atomic E-state index is -0.769. The first kappa shape index (κ1) is 25.1. The number of hydrogen-bond donors (Lipinski definition) is 1. The number of nitrogens with zero attached hydrogens (tertiary/aromatic N) is 1. The fraction of sp³-hybridized carbons (Fsp3) is 0.286. The van der Waals surface area contributed by atoms with Crippen molar-refractivity contribution in [3.8, 4) is 0 Å². The first-order valence-corrected chi connectivity index (χ1v) is 11.5. The maximum atomic E-state index is 13.5. The van der Waals surface area contributed by atoms with E-state index < -0.39 is 6.04 Å². The van der Waals surface area contributed by atoms with E-state index in [1.54, 1.807) is 29.2 Å². The average Bonchev–Trinajstić information content (AvgIpc) is 2.84. The SMILES string of the molecule is CC[C@H](C)NC(=O)[C@@H](Cc1ccccc1)N(Cc1ccc(F)cc1)C(=O)Cc1ccc(F)cc1. The number of halogens is 2. The standard InChI is InChI=1S/C28H30F2N2O2/c1-3-20(2)31-28(34)26(17-21-7-5-4-6-8-21)32(19-23-11-15-25(30)16-12-23)27(33)18-22-9-13-24(29)14-10-22/h4-16,20,26H,3,17-19H2,1-2H3,(H,31,34)/t20-,26+/m0/s1. The molecule has 3 rings (SSSR count). The van der Waals surface area contributed by atoms with Gasteiger partial charge in [-0.15, -0.1) is 0 Å². The zero-order valence-electron chi connectivity index (χ0n) is 19.5. The second-order valence-electron chi connectivity index (χ2n) is 8.47. The van der Waals surface area contributed by atoms with Crippen LogP contribution in [0.15, 0.2) is 78.9 Å². The van der Waals surface area contributed by atoms with Crippen molar-refractivity contribution in [1.29, 1.82) is 0 Å². The van der Waals surface area contributed by atoms with Gasteiger partial charge in [-0.3, -0.25) is 9.59 Å². The Kier molecular flexibility index (Phi) is 8.91. The molecule has 3 aromatic rings. The summed E-state index contributed by atoms with van der Waals surface area (Å²) in [5.74, 6) is -1.26. The van der Waals surface area contributed by atoms with Crippen molar-refractivity contribution >= 4 is 11.8 Å². The predicted molar refractivity (Wildman–Crippen MR) is 129 cm³/mol. The van der Waals surface area contributed by atoms with Crippen LogP contribution in [0.4, 0.5) is 8.78 Å². The highest BCUT2D eigenvalue weighted by Gasteiger charge is 2.31. The van der Waals surface area contributed by atoms with Crippen molar-refractivity contribution in [2.24, 2.45) is 0 Å². The molecule has 4 nitrogen and oxygen atoms in total. The van der Waals surface area contributed by atoms with Crippen molar-refractivity contribution in [3.63, 3.8) is 0 Å². The molecule has 2 amide bonds. The van der Waals surface area contributed by atoms with Crippen molar-refractivity contribution in [2.75, 3.05) is 0 Å². The van der Waals surface area contributed by atoms with Crippen LogP contribution >= 0.6 is 0 Å². The van der Waals surface area contributed by atoms with Crippen LogP contribution in [0.3, 0.4) is 0 Å². The van der Waals surface area contributed by atoms with Gasteiger partial charge in [0.2, 0.25) is 11.8 Å². The molecular weight excluding hydrogens is 434 g/mol. The van der Waals surface area contributed by atoms with Gasteiger partial charge in [-0.1, -0.05) is 61.5 Å². The minimum absolute atomic E-state index is 0.0172. The van der Waals surface area contributed by atoms with Gasteiger partial charge in [-0.25, -0.2) is 8.78 Å². The van der Waals surface area contributed by atoms with E-state index in [1.807, 2.05) is 44.2 Å². The highest BCUT2D eigenvalue weighted by molar-refractivity contribution is 5.89. The van der Waals surface area contributed by atoms with Crippen LogP contribution in [-0.2, 0) is 29.0 Å². The number of nitrogens with one attached hydrogen (secondary N) is 1. The number of carbonyl (C=O) groups excluding carboxylic acids is 2. The molecule has 1 N–H and O–H groups in total. The Bertz CT molecular complexity index is 1070. The summed E-state index contributed by atoms with van der Waals surface area (Å²) in [5.41, 5.74) is 2.28. The third-order valence-electron chi connectivity index (χ3n) is 5.81. The quantitative estimate of drug-likeness (QED) is 0.456. The monoisotopic (exact) mass is 464 g/mol. The van der Waals surface area contributed by atoms with Crippen LogP contribution in [0.2, 0.25) is 0 Å². The molecule has 178 valence electrons. The van der Waals surface area contributed by atoms with Crippen LogP contribution in [-0.4, -0.2) is 28.8 Å². The minimum Gasteiger partial charge on any atom is -0.352 e. The normalized spacial score (nSPS) is 12.6. The second kappa shape index (κ2) is 12.1. The van der Waals surface area contributed by atoms with E-state index in [9.17, 15) is 18.4 Å². The molecule has 0 aliphatic carbocycles. The molecule has 0 aliphatic heterocycles. The molecule has 0 spiro atoms. The number of amides is 2. The molecule has 0 radical (unpaired) electrons. The lowest BCUT2D eigenvalue weighted by Gasteiger charge is -2.32.